The average molecular weight is 271 g/mol. The topological polar surface area (TPSA) is 95.9 Å². The summed E-state index contributed by atoms with van der Waals surface area (Å²) >= 11 is 0. The van der Waals surface area contributed by atoms with Crippen molar-refractivity contribution < 1.29 is 24.5 Å². The van der Waals surface area contributed by atoms with Gasteiger partial charge in [0.15, 0.2) is 0 Å². The second kappa shape index (κ2) is 5.21. The smallest absolute Gasteiger partial charge is 0.371 e. The minimum Gasteiger partial charge on any atom is -0.483 e. The summed E-state index contributed by atoms with van der Waals surface area (Å²) in [6, 6.07) is 0. The highest BCUT2D eigenvalue weighted by Gasteiger charge is 2.39. The lowest BCUT2D eigenvalue weighted by Gasteiger charge is -2.46. The minimum absolute atomic E-state index is 0.195. The first-order valence-electron chi connectivity index (χ1n) is 6.15. The molecular weight excluding hydrogens is 250 g/mol. The van der Waals surface area contributed by atoms with Crippen LogP contribution in [0.3, 0.4) is 0 Å². The van der Waals surface area contributed by atoms with Crippen LogP contribution in [0.2, 0.25) is 0 Å². The molecule has 1 aliphatic heterocycles. The highest BCUT2D eigenvalue weighted by atomic mass is 16.5. The summed E-state index contributed by atoms with van der Waals surface area (Å²) in [5, 5.41) is 21.0. The van der Waals surface area contributed by atoms with E-state index in [2.05, 4.69) is 5.32 Å². The SMILES string of the molecule is CC1(C)CC(OC(=CC(=O)O)C(=O)O)CC(C)(C)N1. The molecule has 0 bridgehead atoms. The largest absolute Gasteiger partial charge is 0.483 e. The van der Waals surface area contributed by atoms with Crippen molar-refractivity contribution in [2.24, 2.45) is 0 Å². The maximum absolute atomic E-state index is 11.0. The summed E-state index contributed by atoms with van der Waals surface area (Å²) < 4.78 is 5.38. The number of rotatable bonds is 4. The molecule has 1 aliphatic rings. The fraction of sp³-hybridized carbons (Fsp3) is 0.692. The molecule has 0 amide bonds. The predicted octanol–water partition coefficient (Wildman–Crippen LogP) is 1.37. The third-order valence-electron chi connectivity index (χ3n) is 2.91. The Bertz CT molecular complexity index is 395. The van der Waals surface area contributed by atoms with E-state index in [1.807, 2.05) is 27.7 Å². The molecule has 1 heterocycles. The van der Waals surface area contributed by atoms with Gasteiger partial charge in [-0.1, -0.05) is 0 Å². The van der Waals surface area contributed by atoms with Crippen LogP contribution in [0.25, 0.3) is 0 Å². The van der Waals surface area contributed by atoms with Crippen molar-refractivity contribution in [3.8, 4) is 0 Å². The molecule has 0 aromatic rings. The molecule has 0 aromatic heterocycles. The average Bonchev–Trinajstić information content (AvgIpc) is 2.09. The number of carboxylic acid groups (broad SMARTS) is 2. The van der Waals surface area contributed by atoms with Crippen LogP contribution in [0, 0.1) is 0 Å². The predicted molar refractivity (Wildman–Crippen MR) is 68.8 cm³/mol. The fourth-order valence-corrected chi connectivity index (χ4v) is 2.75. The second-order valence-corrected chi connectivity index (χ2v) is 6.19. The first-order valence-corrected chi connectivity index (χ1v) is 6.15. The number of carbonyl (C=O) groups is 2. The first kappa shape index (κ1) is 15.5. The number of carboxylic acids is 2. The normalized spacial score (nSPS) is 22.8. The number of hydrogen-bond donors (Lipinski definition) is 3. The van der Waals surface area contributed by atoms with E-state index >= 15 is 0 Å². The van der Waals surface area contributed by atoms with E-state index in [4.69, 9.17) is 14.9 Å². The van der Waals surface area contributed by atoms with Crippen molar-refractivity contribution in [2.75, 3.05) is 0 Å². The lowest BCUT2D eigenvalue weighted by Crippen LogP contribution is -2.59. The molecule has 3 N–H and O–H groups in total. The van der Waals surface area contributed by atoms with Crippen LogP contribution in [0.5, 0.6) is 0 Å². The zero-order chi connectivity index (χ0) is 14.8. The van der Waals surface area contributed by atoms with E-state index in [9.17, 15) is 9.59 Å². The molecule has 0 unspecified atom stereocenters. The standard InChI is InChI=1S/C13H21NO5/c1-12(2)6-8(7-13(3,4)14-12)19-9(11(17)18)5-10(15)16/h5,8,14H,6-7H2,1-4H3,(H,15,16)(H,17,18). The Morgan fingerprint density at radius 1 is 1.16 bits per heavy atom. The van der Waals surface area contributed by atoms with E-state index in [0.29, 0.717) is 18.9 Å². The van der Waals surface area contributed by atoms with Gasteiger partial charge in [-0.15, -0.1) is 0 Å². The van der Waals surface area contributed by atoms with Gasteiger partial charge in [-0.3, -0.25) is 0 Å². The van der Waals surface area contributed by atoms with Gasteiger partial charge in [0.25, 0.3) is 0 Å². The molecule has 0 atom stereocenters. The van der Waals surface area contributed by atoms with Gasteiger partial charge in [0.1, 0.15) is 6.10 Å². The highest BCUT2D eigenvalue weighted by molar-refractivity contribution is 5.92. The Hall–Kier alpha value is -1.56. The van der Waals surface area contributed by atoms with Gasteiger partial charge in [-0.05, 0) is 27.7 Å². The number of aliphatic carboxylic acids is 2. The Balaban J connectivity index is 2.85. The maximum atomic E-state index is 11.0. The second-order valence-electron chi connectivity index (χ2n) is 6.19. The Labute approximate surface area is 112 Å². The van der Waals surface area contributed by atoms with Crippen LogP contribution < -0.4 is 5.32 Å². The number of ether oxygens (including phenoxy) is 1. The molecule has 0 radical (unpaired) electrons. The quantitative estimate of drug-likeness (QED) is 0.528. The van der Waals surface area contributed by atoms with Crippen LogP contribution in [0.4, 0.5) is 0 Å². The molecule has 1 rings (SSSR count). The van der Waals surface area contributed by atoms with Crippen LogP contribution in [-0.4, -0.2) is 39.3 Å². The van der Waals surface area contributed by atoms with Gasteiger partial charge in [0.2, 0.25) is 5.76 Å². The summed E-state index contributed by atoms with van der Waals surface area (Å²) in [5.41, 5.74) is -0.390. The molecule has 6 heteroatoms. The van der Waals surface area contributed by atoms with Gasteiger partial charge in [0, 0.05) is 23.9 Å². The summed E-state index contributed by atoms with van der Waals surface area (Å²) in [6.45, 7) is 8.02. The van der Waals surface area contributed by atoms with Crippen molar-refractivity contribution in [1.29, 1.82) is 0 Å². The zero-order valence-electron chi connectivity index (χ0n) is 11.7. The molecule has 0 spiro atoms. The Morgan fingerprint density at radius 3 is 2.00 bits per heavy atom. The van der Waals surface area contributed by atoms with Crippen LogP contribution in [-0.2, 0) is 14.3 Å². The van der Waals surface area contributed by atoms with Crippen LogP contribution >= 0.6 is 0 Å². The van der Waals surface area contributed by atoms with Crippen LogP contribution in [0.15, 0.2) is 11.8 Å². The molecule has 0 aromatic carbocycles. The summed E-state index contributed by atoms with van der Waals surface area (Å²) in [6.07, 6.45) is 1.49. The summed E-state index contributed by atoms with van der Waals surface area (Å²) in [4.78, 5) is 21.5. The summed E-state index contributed by atoms with van der Waals surface area (Å²) in [5.74, 6) is -3.22. The Morgan fingerprint density at radius 2 is 1.63 bits per heavy atom. The Kier molecular flexibility index (Phi) is 4.25. The van der Waals surface area contributed by atoms with Crippen molar-refractivity contribution in [3.05, 3.63) is 11.8 Å². The van der Waals surface area contributed by atoms with E-state index < -0.39 is 17.7 Å². The molecule has 19 heavy (non-hydrogen) atoms. The van der Waals surface area contributed by atoms with Gasteiger partial charge >= 0.3 is 11.9 Å². The molecule has 1 saturated heterocycles. The van der Waals surface area contributed by atoms with Crippen LogP contribution in [0.1, 0.15) is 40.5 Å². The number of hydrogen-bond acceptors (Lipinski definition) is 4. The lowest BCUT2D eigenvalue weighted by atomic mass is 9.81. The van der Waals surface area contributed by atoms with Crippen molar-refractivity contribution in [1.82, 2.24) is 5.32 Å². The van der Waals surface area contributed by atoms with Gasteiger partial charge < -0.3 is 20.3 Å². The highest BCUT2D eigenvalue weighted by Crippen LogP contribution is 2.31. The zero-order valence-corrected chi connectivity index (χ0v) is 11.7. The van der Waals surface area contributed by atoms with Crippen molar-refractivity contribution in [2.45, 2.75) is 57.7 Å². The molecule has 6 nitrogen and oxygen atoms in total. The molecule has 108 valence electrons. The molecule has 0 saturated carbocycles. The van der Waals surface area contributed by atoms with E-state index in [1.54, 1.807) is 0 Å². The van der Waals surface area contributed by atoms with E-state index in [0.717, 1.165) is 0 Å². The van der Waals surface area contributed by atoms with Gasteiger partial charge in [0.05, 0.1) is 6.08 Å². The fourth-order valence-electron chi connectivity index (χ4n) is 2.75. The number of piperidine rings is 1. The first-order chi connectivity index (χ1) is 8.51. The monoisotopic (exact) mass is 271 g/mol. The van der Waals surface area contributed by atoms with Crippen molar-refractivity contribution in [3.63, 3.8) is 0 Å². The third-order valence-corrected chi connectivity index (χ3v) is 2.91. The van der Waals surface area contributed by atoms with Gasteiger partial charge in [-0.25, -0.2) is 9.59 Å². The van der Waals surface area contributed by atoms with Crippen molar-refractivity contribution >= 4 is 11.9 Å². The number of nitrogens with one attached hydrogen (secondary N) is 1. The summed E-state index contributed by atoms with van der Waals surface area (Å²) in [7, 11) is 0. The van der Waals surface area contributed by atoms with Gasteiger partial charge in [-0.2, -0.15) is 0 Å². The van der Waals surface area contributed by atoms with E-state index in [1.165, 1.54) is 0 Å². The minimum atomic E-state index is -1.36. The van der Waals surface area contributed by atoms with E-state index in [-0.39, 0.29) is 17.2 Å². The molecular formula is C13H21NO5. The molecule has 0 aliphatic carbocycles. The maximum Gasteiger partial charge on any atom is 0.371 e. The molecule has 1 fully saturated rings. The third kappa shape index (κ3) is 4.90. The lowest BCUT2D eigenvalue weighted by molar-refractivity contribution is -0.140.